The first-order valence-electron chi connectivity index (χ1n) is 6.82. The summed E-state index contributed by atoms with van der Waals surface area (Å²) in [5.41, 5.74) is 0.243. The van der Waals surface area contributed by atoms with Gasteiger partial charge in [-0.05, 0) is 12.0 Å². The molecule has 3 N–H and O–H groups in total. The molecule has 1 rings (SSSR count). The van der Waals surface area contributed by atoms with Crippen LogP contribution in [0.4, 0.5) is 11.4 Å². The van der Waals surface area contributed by atoms with Gasteiger partial charge in [-0.2, -0.15) is 0 Å². The Kier molecular flexibility index (Phi) is 6.30. The number of aliphatic carboxylic acids is 1. The van der Waals surface area contributed by atoms with Gasteiger partial charge in [0.05, 0.1) is 4.92 Å². The van der Waals surface area contributed by atoms with Crippen molar-refractivity contribution in [3.8, 4) is 0 Å². The largest absolute Gasteiger partial charge is 0.480 e. The summed E-state index contributed by atoms with van der Waals surface area (Å²) in [4.78, 5) is 33.0. The van der Waals surface area contributed by atoms with Crippen LogP contribution in [-0.4, -0.2) is 34.5 Å². The lowest BCUT2D eigenvalue weighted by molar-refractivity contribution is -0.384. The number of nitrogens with zero attached hydrogens (tertiary/aromatic N) is 1. The van der Waals surface area contributed by atoms with Gasteiger partial charge < -0.3 is 15.7 Å². The number of nitro groups is 1. The standard InChI is InChI=1S/C14H19N3O5/c1-9(2)13(14(19)20)16-12(18)7-8-15-10-5-3-4-6-11(10)17(21)22/h3-6,9,13,15H,7-8H2,1-2H3,(H,16,18)(H,19,20)/t13-/m1/s1. The molecule has 0 aliphatic heterocycles. The predicted octanol–water partition coefficient (Wildman–Crippen LogP) is 1.62. The lowest BCUT2D eigenvalue weighted by atomic mass is 10.0. The smallest absolute Gasteiger partial charge is 0.326 e. The predicted molar refractivity (Wildman–Crippen MR) is 80.6 cm³/mol. The van der Waals surface area contributed by atoms with Crippen molar-refractivity contribution >= 4 is 23.3 Å². The number of amides is 1. The second-order valence-corrected chi connectivity index (χ2v) is 5.08. The van der Waals surface area contributed by atoms with Crippen LogP contribution < -0.4 is 10.6 Å². The monoisotopic (exact) mass is 309 g/mol. The summed E-state index contributed by atoms with van der Waals surface area (Å²) in [7, 11) is 0. The van der Waals surface area contributed by atoms with Crippen LogP contribution in [0.5, 0.6) is 0 Å². The Balaban J connectivity index is 2.52. The maximum absolute atomic E-state index is 11.7. The molecule has 1 aromatic carbocycles. The first-order chi connectivity index (χ1) is 10.3. The molecule has 120 valence electrons. The molecule has 8 nitrogen and oxygen atoms in total. The molecular formula is C14H19N3O5. The Morgan fingerprint density at radius 2 is 1.95 bits per heavy atom. The highest BCUT2D eigenvalue weighted by Crippen LogP contribution is 2.22. The van der Waals surface area contributed by atoms with Crippen LogP contribution >= 0.6 is 0 Å². The summed E-state index contributed by atoms with van der Waals surface area (Å²) in [6.45, 7) is 3.57. The van der Waals surface area contributed by atoms with Gasteiger partial charge in [0.15, 0.2) is 0 Å². The van der Waals surface area contributed by atoms with Gasteiger partial charge in [0.1, 0.15) is 11.7 Å². The quantitative estimate of drug-likeness (QED) is 0.495. The molecular weight excluding hydrogens is 290 g/mol. The van der Waals surface area contributed by atoms with E-state index >= 15 is 0 Å². The van der Waals surface area contributed by atoms with E-state index < -0.39 is 22.8 Å². The van der Waals surface area contributed by atoms with E-state index in [2.05, 4.69) is 10.6 Å². The number of nitrogens with one attached hydrogen (secondary N) is 2. The number of hydrogen-bond acceptors (Lipinski definition) is 5. The molecule has 1 aromatic rings. The number of nitro benzene ring substituents is 1. The fourth-order valence-corrected chi connectivity index (χ4v) is 1.85. The summed E-state index contributed by atoms with van der Waals surface area (Å²) < 4.78 is 0. The lowest BCUT2D eigenvalue weighted by Gasteiger charge is -2.18. The van der Waals surface area contributed by atoms with E-state index in [4.69, 9.17) is 5.11 Å². The molecule has 0 bridgehead atoms. The highest BCUT2D eigenvalue weighted by Gasteiger charge is 2.23. The molecule has 1 atom stereocenters. The van der Waals surface area contributed by atoms with Gasteiger partial charge in [-0.25, -0.2) is 4.79 Å². The number of rotatable bonds is 8. The van der Waals surface area contributed by atoms with E-state index in [1.807, 2.05) is 0 Å². The van der Waals surface area contributed by atoms with Crippen molar-refractivity contribution in [3.63, 3.8) is 0 Å². The Bertz CT molecular complexity index is 559. The fraction of sp³-hybridized carbons (Fsp3) is 0.429. The minimum Gasteiger partial charge on any atom is -0.480 e. The summed E-state index contributed by atoms with van der Waals surface area (Å²) in [5, 5.41) is 25.1. The summed E-state index contributed by atoms with van der Waals surface area (Å²) in [5.74, 6) is -1.74. The van der Waals surface area contributed by atoms with E-state index in [1.54, 1.807) is 32.0 Å². The SMILES string of the molecule is CC(C)[C@@H](NC(=O)CCNc1ccccc1[N+](=O)[O-])C(=O)O. The molecule has 0 fully saturated rings. The maximum atomic E-state index is 11.7. The van der Waals surface area contributed by atoms with Crippen LogP contribution in [0.2, 0.25) is 0 Å². The minimum atomic E-state index is -1.09. The number of para-hydroxylation sites is 2. The van der Waals surface area contributed by atoms with Crippen LogP contribution in [0.3, 0.4) is 0 Å². The summed E-state index contributed by atoms with van der Waals surface area (Å²) in [6, 6.07) is 5.16. The number of anilines is 1. The van der Waals surface area contributed by atoms with Gasteiger partial charge in [0, 0.05) is 19.0 Å². The molecule has 0 unspecified atom stereocenters. The third-order valence-corrected chi connectivity index (χ3v) is 3.02. The molecule has 1 amide bonds. The lowest BCUT2D eigenvalue weighted by Crippen LogP contribution is -2.44. The topological polar surface area (TPSA) is 122 Å². The molecule has 22 heavy (non-hydrogen) atoms. The summed E-state index contributed by atoms with van der Waals surface area (Å²) >= 11 is 0. The van der Waals surface area contributed by atoms with Gasteiger partial charge >= 0.3 is 5.97 Å². The van der Waals surface area contributed by atoms with E-state index in [0.717, 1.165) is 0 Å². The van der Waals surface area contributed by atoms with E-state index in [-0.39, 0.29) is 24.6 Å². The first kappa shape index (κ1) is 17.4. The van der Waals surface area contributed by atoms with Crippen molar-refractivity contribution in [1.29, 1.82) is 0 Å². The van der Waals surface area contributed by atoms with E-state index in [9.17, 15) is 19.7 Å². The van der Waals surface area contributed by atoms with Crippen LogP contribution in [0.1, 0.15) is 20.3 Å². The highest BCUT2D eigenvalue weighted by atomic mass is 16.6. The third-order valence-electron chi connectivity index (χ3n) is 3.02. The van der Waals surface area contributed by atoms with Gasteiger partial charge in [-0.1, -0.05) is 26.0 Å². The Morgan fingerprint density at radius 1 is 1.32 bits per heavy atom. The van der Waals surface area contributed by atoms with Crippen LogP contribution in [-0.2, 0) is 9.59 Å². The average Bonchev–Trinajstić information content (AvgIpc) is 2.44. The number of hydrogen-bond donors (Lipinski definition) is 3. The van der Waals surface area contributed by atoms with Crippen molar-refractivity contribution < 1.29 is 19.6 Å². The normalized spacial score (nSPS) is 11.8. The minimum absolute atomic E-state index is 0.0164. The fourth-order valence-electron chi connectivity index (χ4n) is 1.85. The van der Waals surface area contributed by atoms with Crippen molar-refractivity contribution in [2.75, 3.05) is 11.9 Å². The van der Waals surface area contributed by atoms with Gasteiger partial charge in [0.2, 0.25) is 5.91 Å². The zero-order valence-electron chi connectivity index (χ0n) is 12.4. The summed E-state index contributed by atoms with van der Waals surface area (Å²) in [6.07, 6.45) is 0.0164. The van der Waals surface area contributed by atoms with Gasteiger partial charge in [-0.3, -0.25) is 14.9 Å². The van der Waals surface area contributed by atoms with Crippen molar-refractivity contribution in [2.45, 2.75) is 26.3 Å². The van der Waals surface area contributed by atoms with Crippen molar-refractivity contribution in [1.82, 2.24) is 5.32 Å². The van der Waals surface area contributed by atoms with Crippen molar-refractivity contribution in [3.05, 3.63) is 34.4 Å². The van der Waals surface area contributed by atoms with Gasteiger partial charge in [-0.15, -0.1) is 0 Å². The van der Waals surface area contributed by atoms with E-state index in [0.29, 0.717) is 5.69 Å². The number of carbonyl (C=O) groups is 2. The molecule has 0 saturated carbocycles. The number of carbonyl (C=O) groups excluding carboxylic acids is 1. The molecule has 0 heterocycles. The Morgan fingerprint density at radius 3 is 2.50 bits per heavy atom. The van der Waals surface area contributed by atoms with Gasteiger partial charge in [0.25, 0.3) is 5.69 Å². The van der Waals surface area contributed by atoms with E-state index in [1.165, 1.54) is 6.07 Å². The molecule has 0 aliphatic rings. The molecule has 0 spiro atoms. The second kappa shape index (κ2) is 7.96. The molecule has 8 heteroatoms. The molecule has 0 radical (unpaired) electrons. The average molecular weight is 309 g/mol. The molecule has 0 aliphatic carbocycles. The Labute approximate surface area is 127 Å². The molecule has 0 saturated heterocycles. The van der Waals surface area contributed by atoms with Crippen molar-refractivity contribution in [2.24, 2.45) is 5.92 Å². The first-order valence-corrected chi connectivity index (χ1v) is 6.82. The number of benzene rings is 1. The maximum Gasteiger partial charge on any atom is 0.326 e. The highest BCUT2D eigenvalue weighted by molar-refractivity contribution is 5.84. The number of carboxylic acids is 1. The second-order valence-electron chi connectivity index (χ2n) is 5.08. The number of carboxylic acid groups (broad SMARTS) is 1. The van der Waals surface area contributed by atoms with Crippen LogP contribution in [0, 0.1) is 16.0 Å². The molecule has 0 aromatic heterocycles. The van der Waals surface area contributed by atoms with Crippen LogP contribution in [0.25, 0.3) is 0 Å². The third kappa shape index (κ3) is 5.04. The van der Waals surface area contributed by atoms with Crippen LogP contribution in [0.15, 0.2) is 24.3 Å². The zero-order chi connectivity index (χ0) is 16.7. The Hall–Kier alpha value is -2.64. The zero-order valence-corrected chi connectivity index (χ0v) is 12.4.